The van der Waals surface area contributed by atoms with Crippen LogP contribution < -0.4 is 0 Å². The molecule has 0 aliphatic carbocycles. The normalized spacial score (nSPS) is 20.3. The molecule has 124 valence electrons. The average Bonchev–Trinajstić information content (AvgIpc) is 2.54. The largest absolute Gasteiger partial charge is 0.512 e. The fraction of sp³-hybridized carbons (Fsp3) is 0.211. The van der Waals surface area contributed by atoms with Gasteiger partial charge in [-0.05, 0) is 48.2 Å². The van der Waals surface area contributed by atoms with Crippen molar-refractivity contribution in [3.8, 4) is 11.5 Å². The van der Waals surface area contributed by atoms with E-state index < -0.39 is 11.6 Å². The smallest absolute Gasteiger partial charge is 0.335 e. The molecular weight excluding hydrogens is 308 g/mol. The summed E-state index contributed by atoms with van der Waals surface area (Å²) in [7, 11) is 0. The van der Waals surface area contributed by atoms with E-state index in [0.29, 0.717) is 18.4 Å². The summed E-state index contributed by atoms with van der Waals surface area (Å²) in [5.74, 6) is -0.298. The summed E-state index contributed by atoms with van der Waals surface area (Å²) in [6.45, 7) is 0. The second-order valence-electron chi connectivity index (χ2n) is 5.94. The molecule has 1 unspecified atom stereocenters. The first-order valence-electron chi connectivity index (χ1n) is 7.67. The lowest BCUT2D eigenvalue weighted by atomic mass is 9.82. The summed E-state index contributed by atoms with van der Waals surface area (Å²) in [5.41, 5.74) is 0.713. The Morgan fingerprint density at radius 2 is 1.50 bits per heavy atom. The van der Waals surface area contributed by atoms with Gasteiger partial charge in [-0.1, -0.05) is 24.3 Å². The molecule has 0 saturated heterocycles. The molecule has 0 bridgehead atoms. The highest BCUT2D eigenvalue weighted by Gasteiger charge is 2.40. The molecule has 0 spiro atoms. The molecule has 24 heavy (non-hydrogen) atoms. The van der Waals surface area contributed by atoms with Crippen LogP contribution in [0.2, 0.25) is 0 Å². The molecule has 5 nitrogen and oxygen atoms in total. The van der Waals surface area contributed by atoms with Crippen LogP contribution in [0.4, 0.5) is 0 Å². The highest BCUT2D eigenvalue weighted by atomic mass is 16.6. The number of hydrogen-bond donors (Lipinski definition) is 3. The molecule has 5 heteroatoms. The maximum absolute atomic E-state index is 11.8. The van der Waals surface area contributed by atoms with Gasteiger partial charge >= 0.3 is 5.97 Å². The van der Waals surface area contributed by atoms with Crippen molar-refractivity contribution in [2.75, 3.05) is 0 Å². The monoisotopic (exact) mass is 326 g/mol. The van der Waals surface area contributed by atoms with Gasteiger partial charge in [-0.3, -0.25) is 0 Å². The fourth-order valence-corrected chi connectivity index (χ4v) is 2.96. The molecule has 1 aliphatic rings. The molecule has 3 N–H and O–H groups in total. The third-order valence-electron chi connectivity index (χ3n) is 4.19. The van der Waals surface area contributed by atoms with E-state index in [2.05, 4.69) is 0 Å². The standard InChI is InChI=1S/C19H18O5/c20-15-5-1-13(2-6-15)9-10-19(12-17(22)11-18(23)24-19)14-3-7-16(21)8-4-14/h1-8,11,20-22H,9-10,12H2. The van der Waals surface area contributed by atoms with Crippen LogP contribution in [0.3, 0.4) is 0 Å². The molecule has 0 aromatic heterocycles. The van der Waals surface area contributed by atoms with Gasteiger partial charge in [0.25, 0.3) is 0 Å². The Labute approximate surface area is 139 Å². The van der Waals surface area contributed by atoms with Crippen LogP contribution in [0.25, 0.3) is 0 Å². The molecule has 0 radical (unpaired) electrons. The van der Waals surface area contributed by atoms with Crippen LogP contribution in [0.15, 0.2) is 60.4 Å². The lowest BCUT2D eigenvalue weighted by molar-refractivity contribution is -0.159. The Morgan fingerprint density at radius 3 is 2.08 bits per heavy atom. The molecule has 0 saturated carbocycles. The van der Waals surface area contributed by atoms with Gasteiger partial charge in [-0.2, -0.15) is 0 Å². The highest BCUT2D eigenvalue weighted by molar-refractivity contribution is 5.84. The number of rotatable bonds is 4. The van der Waals surface area contributed by atoms with Gasteiger partial charge in [0.2, 0.25) is 0 Å². The number of aromatic hydroxyl groups is 2. The predicted octanol–water partition coefficient (Wildman–Crippen LogP) is 3.31. The first-order valence-corrected chi connectivity index (χ1v) is 7.67. The zero-order chi connectivity index (χ0) is 17.2. The van der Waals surface area contributed by atoms with E-state index in [0.717, 1.165) is 11.6 Å². The highest BCUT2D eigenvalue weighted by Crippen LogP contribution is 2.40. The van der Waals surface area contributed by atoms with Crippen molar-refractivity contribution < 1.29 is 24.9 Å². The van der Waals surface area contributed by atoms with Gasteiger partial charge in [0, 0.05) is 6.42 Å². The van der Waals surface area contributed by atoms with E-state index >= 15 is 0 Å². The zero-order valence-electron chi connectivity index (χ0n) is 13.0. The minimum atomic E-state index is -0.985. The number of phenols is 2. The van der Waals surface area contributed by atoms with Gasteiger partial charge in [-0.15, -0.1) is 0 Å². The second kappa shape index (κ2) is 6.28. The number of benzene rings is 2. The van der Waals surface area contributed by atoms with Crippen LogP contribution >= 0.6 is 0 Å². The van der Waals surface area contributed by atoms with Crippen molar-refractivity contribution in [2.45, 2.75) is 24.9 Å². The van der Waals surface area contributed by atoms with Crippen molar-refractivity contribution >= 4 is 5.97 Å². The lowest BCUT2D eigenvalue weighted by Crippen LogP contribution is -2.36. The number of aliphatic hydroxyl groups is 1. The summed E-state index contributed by atoms with van der Waals surface area (Å²) >= 11 is 0. The van der Waals surface area contributed by atoms with Gasteiger partial charge in [0.15, 0.2) is 0 Å². The summed E-state index contributed by atoms with van der Waals surface area (Å²) in [6.07, 6.45) is 2.33. The van der Waals surface area contributed by atoms with E-state index in [-0.39, 0.29) is 23.7 Å². The van der Waals surface area contributed by atoms with Crippen LogP contribution in [0.1, 0.15) is 24.0 Å². The Balaban J connectivity index is 1.90. The van der Waals surface area contributed by atoms with Crippen molar-refractivity contribution in [1.29, 1.82) is 0 Å². The number of aliphatic hydroxyl groups excluding tert-OH is 1. The fourth-order valence-electron chi connectivity index (χ4n) is 2.96. The molecule has 1 aliphatic heterocycles. The topological polar surface area (TPSA) is 87.0 Å². The Bertz CT molecular complexity index is 761. The van der Waals surface area contributed by atoms with E-state index in [4.69, 9.17) is 4.74 Å². The number of aryl methyl sites for hydroxylation is 1. The first-order chi connectivity index (χ1) is 11.5. The number of esters is 1. The average molecular weight is 326 g/mol. The maximum Gasteiger partial charge on any atom is 0.335 e. The van der Waals surface area contributed by atoms with E-state index in [1.807, 2.05) is 0 Å². The van der Waals surface area contributed by atoms with Gasteiger partial charge in [0.1, 0.15) is 22.9 Å². The van der Waals surface area contributed by atoms with Crippen molar-refractivity contribution in [2.24, 2.45) is 0 Å². The second-order valence-corrected chi connectivity index (χ2v) is 5.94. The number of carbonyl (C=O) groups is 1. The van der Waals surface area contributed by atoms with E-state index in [9.17, 15) is 20.1 Å². The number of phenolic OH excluding ortho intramolecular Hbond substituents is 2. The first kappa shape index (κ1) is 15.9. The SMILES string of the molecule is O=C1C=C(O)CC(CCc2ccc(O)cc2)(c2ccc(O)cc2)O1. The van der Waals surface area contributed by atoms with E-state index in [1.165, 1.54) is 12.1 Å². The van der Waals surface area contributed by atoms with Gasteiger partial charge < -0.3 is 20.1 Å². The van der Waals surface area contributed by atoms with Gasteiger partial charge in [-0.25, -0.2) is 4.79 Å². The molecule has 3 rings (SSSR count). The summed E-state index contributed by atoms with van der Waals surface area (Å²) in [4.78, 5) is 11.8. The third-order valence-corrected chi connectivity index (χ3v) is 4.19. The van der Waals surface area contributed by atoms with Crippen molar-refractivity contribution in [1.82, 2.24) is 0 Å². The number of carbonyl (C=O) groups excluding carboxylic acids is 1. The molecule has 0 amide bonds. The number of hydrogen-bond acceptors (Lipinski definition) is 5. The maximum atomic E-state index is 11.8. The zero-order valence-corrected chi connectivity index (χ0v) is 13.0. The third kappa shape index (κ3) is 3.35. The predicted molar refractivity (Wildman–Crippen MR) is 87.6 cm³/mol. The quantitative estimate of drug-likeness (QED) is 0.750. The minimum absolute atomic E-state index is 0.0231. The van der Waals surface area contributed by atoms with Crippen LogP contribution in [-0.2, 0) is 21.6 Å². The molecule has 1 atom stereocenters. The minimum Gasteiger partial charge on any atom is -0.512 e. The molecule has 1 heterocycles. The van der Waals surface area contributed by atoms with Crippen LogP contribution in [0.5, 0.6) is 11.5 Å². The van der Waals surface area contributed by atoms with Crippen LogP contribution in [-0.4, -0.2) is 21.3 Å². The van der Waals surface area contributed by atoms with Gasteiger partial charge in [0.05, 0.1) is 6.08 Å². The van der Waals surface area contributed by atoms with Crippen molar-refractivity contribution in [3.05, 3.63) is 71.5 Å². The molecule has 2 aromatic rings. The van der Waals surface area contributed by atoms with Crippen LogP contribution in [0, 0.1) is 0 Å². The molecular formula is C19H18O5. The lowest BCUT2D eigenvalue weighted by Gasteiger charge is -2.36. The Hall–Kier alpha value is -2.95. The summed E-state index contributed by atoms with van der Waals surface area (Å²) in [5, 5.41) is 28.8. The Kier molecular flexibility index (Phi) is 4.16. The molecule has 2 aromatic carbocycles. The number of cyclic esters (lactones) is 1. The molecule has 0 fully saturated rings. The Morgan fingerprint density at radius 1 is 0.917 bits per heavy atom. The summed E-state index contributed by atoms with van der Waals surface area (Å²) in [6, 6.07) is 13.3. The van der Waals surface area contributed by atoms with Crippen molar-refractivity contribution in [3.63, 3.8) is 0 Å². The summed E-state index contributed by atoms with van der Waals surface area (Å²) < 4.78 is 5.61. The number of ether oxygens (including phenoxy) is 1. The van der Waals surface area contributed by atoms with E-state index in [1.54, 1.807) is 36.4 Å².